The van der Waals surface area contributed by atoms with E-state index in [1.165, 1.54) is 24.3 Å². The number of anilines is 1. The Kier molecular flexibility index (Phi) is 4.07. The number of nitrogens with two attached hydrogens (primary N) is 2. The minimum Gasteiger partial charge on any atom is -0.369 e. The van der Waals surface area contributed by atoms with Gasteiger partial charge in [0.05, 0.1) is 0 Å². The van der Waals surface area contributed by atoms with E-state index in [0.29, 0.717) is 18.7 Å². The lowest BCUT2D eigenvalue weighted by Crippen LogP contribution is -2.37. The number of rotatable bonds is 5. The minimum absolute atomic E-state index is 0.296. The largest absolute Gasteiger partial charge is 0.369 e. The lowest BCUT2D eigenvalue weighted by molar-refractivity contribution is -0.132. The summed E-state index contributed by atoms with van der Waals surface area (Å²) in [5.41, 5.74) is 12.2. The Morgan fingerprint density at radius 1 is 1.17 bits per heavy atom. The van der Waals surface area contributed by atoms with Gasteiger partial charge in [-0.05, 0) is 41.8 Å². The van der Waals surface area contributed by atoms with Crippen molar-refractivity contribution in [1.29, 1.82) is 0 Å². The molecule has 1 saturated carbocycles. The van der Waals surface area contributed by atoms with Crippen LogP contribution in [0.15, 0.2) is 48.5 Å². The van der Waals surface area contributed by atoms with Gasteiger partial charge in [0, 0.05) is 18.2 Å². The number of amides is 2. The van der Waals surface area contributed by atoms with Gasteiger partial charge in [-0.25, -0.2) is 4.39 Å². The monoisotopic (exact) mass is 327 g/mol. The van der Waals surface area contributed by atoms with Gasteiger partial charge in [0.15, 0.2) is 0 Å². The molecular weight excluding hydrogens is 309 g/mol. The molecule has 5 N–H and O–H groups in total. The zero-order valence-corrected chi connectivity index (χ0v) is 13.0. The second kappa shape index (κ2) is 6.05. The fourth-order valence-corrected chi connectivity index (χ4v) is 3.11. The molecule has 1 aliphatic rings. The molecule has 0 bridgehead atoms. The van der Waals surface area contributed by atoms with E-state index in [1.807, 2.05) is 24.3 Å². The Bertz CT molecular complexity index is 791. The lowest BCUT2D eigenvalue weighted by Gasteiger charge is -2.15. The van der Waals surface area contributed by atoms with Crippen molar-refractivity contribution in [1.82, 2.24) is 0 Å². The second-order valence-corrected chi connectivity index (χ2v) is 5.96. The van der Waals surface area contributed by atoms with Gasteiger partial charge in [-0.3, -0.25) is 9.59 Å². The van der Waals surface area contributed by atoms with Crippen LogP contribution in [0.5, 0.6) is 0 Å². The highest BCUT2D eigenvalue weighted by atomic mass is 19.1. The summed E-state index contributed by atoms with van der Waals surface area (Å²) in [4.78, 5) is 24.7. The molecule has 1 aliphatic carbocycles. The molecule has 0 aliphatic heterocycles. The molecule has 1 fully saturated rings. The zero-order valence-electron chi connectivity index (χ0n) is 13.0. The van der Waals surface area contributed by atoms with Crippen molar-refractivity contribution in [3.63, 3.8) is 0 Å². The molecule has 0 heterocycles. The molecule has 2 aromatic rings. The molecule has 0 saturated heterocycles. The first-order valence-electron chi connectivity index (χ1n) is 7.64. The molecule has 0 spiro atoms. The van der Waals surface area contributed by atoms with Gasteiger partial charge in [-0.2, -0.15) is 0 Å². The summed E-state index contributed by atoms with van der Waals surface area (Å²) >= 11 is 0. The Balaban J connectivity index is 1.87. The highest BCUT2D eigenvalue weighted by Gasteiger charge is 2.65. The normalized spacial score (nSPS) is 22.0. The van der Waals surface area contributed by atoms with Gasteiger partial charge < -0.3 is 16.8 Å². The van der Waals surface area contributed by atoms with Crippen molar-refractivity contribution in [3.8, 4) is 0 Å². The van der Waals surface area contributed by atoms with Crippen LogP contribution < -0.4 is 16.8 Å². The molecule has 2 atom stereocenters. The first-order chi connectivity index (χ1) is 11.5. The maximum absolute atomic E-state index is 13.0. The van der Waals surface area contributed by atoms with E-state index in [9.17, 15) is 14.0 Å². The molecule has 124 valence electrons. The van der Waals surface area contributed by atoms with Crippen molar-refractivity contribution >= 4 is 17.5 Å². The van der Waals surface area contributed by atoms with E-state index in [4.69, 9.17) is 11.5 Å². The number of primary amides is 1. The standard InChI is InChI=1S/C18H18FN3O2/c19-12-5-7-13(8-6-12)22-17(24)18(16(21)23)9-15(18)14-4-2-1-3-11(14)10-20/h1-8,15H,9-10,20H2,(H2,21,23)(H,22,24). The minimum atomic E-state index is -1.29. The lowest BCUT2D eigenvalue weighted by atomic mass is 9.94. The Morgan fingerprint density at radius 2 is 1.83 bits per heavy atom. The van der Waals surface area contributed by atoms with Gasteiger partial charge in [0.1, 0.15) is 11.2 Å². The van der Waals surface area contributed by atoms with Crippen LogP contribution in [0.25, 0.3) is 0 Å². The third kappa shape index (κ3) is 2.65. The van der Waals surface area contributed by atoms with E-state index in [-0.39, 0.29) is 5.92 Å². The fraction of sp³-hybridized carbons (Fsp3) is 0.222. The fourth-order valence-electron chi connectivity index (χ4n) is 3.11. The van der Waals surface area contributed by atoms with Crippen LogP contribution in [0.1, 0.15) is 23.5 Å². The topological polar surface area (TPSA) is 98.2 Å². The van der Waals surface area contributed by atoms with E-state index in [2.05, 4.69) is 5.32 Å². The van der Waals surface area contributed by atoms with Crippen LogP contribution in [-0.2, 0) is 16.1 Å². The number of benzene rings is 2. The highest BCUT2D eigenvalue weighted by Crippen LogP contribution is 2.60. The summed E-state index contributed by atoms with van der Waals surface area (Å²) in [6, 6.07) is 12.8. The molecule has 0 aromatic heterocycles. The number of hydrogen-bond donors (Lipinski definition) is 3. The predicted molar refractivity (Wildman–Crippen MR) is 88.3 cm³/mol. The molecule has 2 amide bonds. The molecule has 3 rings (SSSR count). The molecule has 24 heavy (non-hydrogen) atoms. The maximum atomic E-state index is 13.0. The number of halogens is 1. The SMILES string of the molecule is NCc1ccccc1C1CC1(C(N)=O)C(=O)Nc1ccc(F)cc1. The highest BCUT2D eigenvalue weighted by molar-refractivity contribution is 6.14. The molecular formula is C18H18FN3O2. The van der Waals surface area contributed by atoms with Crippen LogP contribution in [0.4, 0.5) is 10.1 Å². The van der Waals surface area contributed by atoms with Gasteiger partial charge >= 0.3 is 0 Å². The number of carbonyl (C=O) groups is 2. The van der Waals surface area contributed by atoms with E-state index in [1.54, 1.807) is 0 Å². The number of carbonyl (C=O) groups excluding carboxylic acids is 2. The summed E-state index contributed by atoms with van der Waals surface area (Å²) < 4.78 is 13.0. The van der Waals surface area contributed by atoms with Crippen molar-refractivity contribution < 1.29 is 14.0 Å². The van der Waals surface area contributed by atoms with E-state index < -0.39 is 23.0 Å². The molecule has 5 nitrogen and oxygen atoms in total. The molecule has 0 radical (unpaired) electrons. The molecule has 2 aromatic carbocycles. The summed E-state index contributed by atoms with van der Waals surface area (Å²) in [6.07, 6.45) is 0.340. The molecule has 2 unspecified atom stereocenters. The number of hydrogen-bond acceptors (Lipinski definition) is 3. The van der Waals surface area contributed by atoms with E-state index in [0.717, 1.165) is 11.1 Å². The smallest absolute Gasteiger partial charge is 0.240 e. The number of nitrogens with one attached hydrogen (secondary N) is 1. The maximum Gasteiger partial charge on any atom is 0.240 e. The van der Waals surface area contributed by atoms with Gasteiger partial charge in [-0.15, -0.1) is 0 Å². The third-order valence-electron chi connectivity index (χ3n) is 4.56. The van der Waals surface area contributed by atoms with Crippen molar-refractivity contribution in [2.45, 2.75) is 18.9 Å². The van der Waals surface area contributed by atoms with Crippen molar-refractivity contribution in [3.05, 3.63) is 65.5 Å². The van der Waals surface area contributed by atoms with Crippen LogP contribution in [0.3, 0.4) is 0 Å². The first kappa shape index (κ1) is 16.1. The van der Waals surface area contributed by atoms with Crippen LogP contribution >= 0.6 is 0 Å². The molecule has 6 heteroatoms. The Hall–Kier alpha value is -2.73. The summed E-state index contributed by atoms with van der Waals surface area (Å²) in [5, 5.41) is 2.65. The Labute approximate surface area is 138 Å². The van der Waals surface area contributed by atoms with Crippen LogP contribution in [-0.4, -0.2) is 11.8 Å². The van der Waals surface area contributed by atoms with Crippen molar-refractivity contribution in [2.75, 3.05) is 5.32 Å². The third-order valence-corrected chi connectivity index (χ3v) is 4.56. The quantitative estimate of drug-likeness (QED) is 0.731. The summed E-state index contributed by atoms with van der Waals surface area (Å²) in [6.45, 7) is 0.321. The first-order valence-corrected chi connectivity index (χ1v) is 7.64. The Morgan fingerprint density at radius 3 is 2.46 bits per heavy atom. The average Bonchev–Trinajstić information content (AvgIpc) is 3.34. The van der Waals surface area contributed by atoms with Gasteiger partial charge in [0.2, 0.25) is 11.8 Å². The van der Waals surface area contributed by atoms with Crippen molar-refractivity contribution in [2.24, 2.45) is 16.9 Å². The van der Waals surface area contributed by atoms with Crippen LogP contribution in [0.2, 0.25) is 0 Å². The summed E-state index contributed by atoms with van der Waals surface area (Å²) in [7, 11) is 0. The van der Waals surface area contributed by atoms with E-state index >= 15 is 0 Å². The van der Waals surface area contributed by atoms with Gasteiger partial charge in [0.25, 0.3) is 0 Å². The summed E-state index contributed by atoms with van der Waals surface area (Å²) in [5.74, 6) is -1.84. The van der Waals surface area contributed by atoms with Gasteiger partial charge in [-0.1, -0.05) is 24.3 Å². The average molecular weight is 327 g/mol. The second-order valence-electron chi connectivity index (χ2n) is 5.96. The predicted octanol–water partition coefficient (Wildman–Crippen LogP) is 1.88. The zero-order chi connectivity index (χ0) is 17.3. The van der Waals surface area contributed by atoms with Crippen LogP contribution in [0, 0.1) is 11.2 Å².